The summed E-state index contributed by atoms with van der Waals surface area (Å²) in [5, 5.41) is -0.0749. The quantitative estimate of drug-likeness (QED) is 0.0446. The lowest BCUT2D eigenvalue weighted by atomic mass is 9.85. The molecular formula is C38H73O12PSSi2. The van der Waals surface area contributed by atoms with Gasteiger partial charge in [0.15, 0.2) is 26.0 Å². The number of esters is 2. The highest BCUT2D eigenvalue weighted by atomic mass is 32.5. The molecule has 3 fully saturated rings. The van der Waals surface area contributed by atoms with Crippen LogP contribution in [0.5, 0.6) is 0 Å². The van der Waals surface area contributed by atoms with Gasteiger partial charge in [-0.05, 0) is 76.5 Å². The van der Waals surface area contributed by atoms with Crippen LogP contribution in [-0.2, 0) is 67.8 Å². The SMILES string of the molecule is CCCCCC(=O)OC[C@H](COP(=S)(OCC[Si](C)(C)C)OC1[C@@H]2OC(C)(C)O[C@@H]2C(O[Si](C)(C)C(C)(C)C)[C@@H]2OC(C)(C)O[C@@H]12)OC(=O)CCCCC. The van der Waals surface area contributed by atoms with Crippen LogP contribution in [0.25, 0.3) is 0 Å². The van der Waals surface area contributed by atoms with Crippen molar-refractivity contribution in [3.8, 4) is 0 Å². The van der Waals surface area contributed by atoms with Crippen LogP contribution in [0.4, 0.5) is 0 Å². The molecule has 3 rings (SSSR count). The molecule has 0 radical (unpaired) electrons. The lowest BCUT2D eigenvalue weighted by Crippen LogP contribution is -2.65. The second-order valence-corrected chi connectivity index (χ2v) is 32.0. The minimum Gasteiger partial charge on any atom is -0.462 e. The molecule has 3 aliphatic rings. The Balaban J connectivity index is 1.94. The van der Waals surface area contributed by atoms with E-state index in [0.717, 1.165) is 38.1 Å². The van der Waals surface area contributed by atoms with Gasteiger partial charge in [0, 0.05) is 20.9 Å². The van der Waals surface area contributed by atoms with Crippen LogP contribution in [0.3, 0.4) is 0 Å². The normalized spacial score (nSPS) is 28.2. The topological polar surface area (TPSA) is 126 Å². The van der Waals surface area contributed by atoms with Gasteiger partial charge in [-0.2, -0.15) is 0 Å². The van der Waals surface area contributed by atoms with Crippen LogP contribution in [0.1, 0.15) is 114 Å². The molecule has 0 N–H and O–H groups in total. The molecule has 54 heavy (non-hydrogen) atoms. The summed E-state index contributed by atoms with van der Waals surface area (Å²) in [6.07, 6.45) is 1.08. The molecule has 0 aromatic rings. The Morgan fingerprint density at radius 1 is 0.741 bits per heavy atom. The van der Waals surface area contributed by atoms with Crippen LogP contribution < -0.4 is 0 Å². The van der Waals surface area contributed by atoms with Crippen molar-refractivity contribution >= 4 is 46.9 Å². The number of hydrogen-bond donors (Lipinski definition) is 0. The average molecular weight is 841 g/mol. The fourth-order valence-corrected chi connectivity index (χ4v) is 10.6. The fraction of sp³-hybridized carbons (Fsp3) is 0.947. The summed E-state index contributed by atoms with van der Waals surface area (Å²) in [5.74, 6) is -2.66. The van der Waals surface area contributed by atoms with Crippen molar-refractivity contribution in [3.05, 3.63) is 0 Å². The van der Waals surface area contributed by atoms with Gasteiger partial charge in [0.25, 0.3) is 0 Å². The lowest BCUT2D eigenvalue weighted by molar-refractivity contribution is -0.181. The zero-order valence-electron chi connectivity index (χ0n) is 35.8. The Kier molecular flexibility index (Phi) is 17.5. The summed E-state index contributed by atoms with van der Waals surface area (Å²) < 4.78 is 64.6. The highest BCUT2D eigenvalue weighted by Gasteiger charge is 2.66. The number of fused-ring (bicyclic) bond motifs is 2. The maximum Gasteiger partial charge on any atom is 0.327 e. The van der Waals surface area contributed by atoms with E-state index in [-0.39, 0.29) is 37.1 Å². The number of ether oxygens (including phenoxy) is 6. The predicted molar refractivity (Wildman–Crippen MR) is 218 cm³/mol. The highest BCUT2D eigenvalue weighted by molar-refractivity contribution is 8.07. The Morgan fingerprint density at radius 3 is 1.69 bits per heavy atom. The summed E-state index contributed by atoms with van der Waals surface area (Å²) in [5.41, 5.74) is 0. The highest BCUT2D eigenvalue weighted by Crippen LogP contribution is 2.57. The molecule has 2 aliphatic heterocycles. The molecule has 1 saturated carbocycles. The van der Waals surface area contributed by atoms with E-state index in [0.29, 0.717) is 13.0 Å². The largest absolute Gasteiger partial charge is 0.462 e. The van der Waals surface area contributed by atoms with Gasteiger partial charge in [-0.3, -0.25) is 14.1 Å². The third-order valence-electron chi connectivity index (χ3n) is 10.3. The molecular weight excluding hydrogens is 768 g/mol. The van der Waals surface area contributed by atoms with Crippen LogP contribution in [0.15, 0.2) is 0 Å². The Bertz CT molecular complexity index is 1240. The van der Waals surface area contributed by atoms with Crippen LogP contribution in [-0.4, -0.2) is 102 Å². The first-order valence-corrected chi connectivity index (χ1v) is 29.3. The van der Waals surface area contributed by atoms with E-state index in [4.69, 9.17) is 58.2 Å². The number of carbonyl (C=O) groups excluding carboxylic acids is 2. The molecule has 2 heterocycles. The molecule has 0 amide bonds. The molecule has 8 atom stereocenters. The standard InChI is InChI=1S/C38H73O12PSSi2/c1-15-17-19-21-28(39)41-25-27(44-29(40)22-20-18-16-2)26-43-51(52,42-23-24-53(10,11)12)49-34-30-32(47-37(6,7)45-30)35(50-54(13,14)36(3,4)5)33-31(34)46-38(8,9)48-33/h27,30-35H,15-26H2,1-14H3/t27-,30-,31-,32-,33+,34?,35?,51?/m1/s1. The van der Waals surface area contributed by atoms with Crippen molar-refractivity contribution in [1.29, 1.82) is 0 Å². The van der Waals surface area contributed by atoms with E-state index in [1.54, 1.807) is 0 Å². The van der Waals surface area contributed by atoms with Gasteiger partial charge in [0.05, 0.1) is 13.2 Å². The molecule has 0 aromatic carbocycles. The Labute approximate surface area is 333 Å². The maximum absolute atomic E-state index is 12.9. The smallest absolute Gasteiger partial charge is 0.327 e. The van der Waals surface area contributed by atoms with Crippen molar-refractivity contribution in [2.45, 2.75) is 212 Å². The molecule has 0 bridgehead atoms. The zero-order chi connectivity index (χ0) is 40.8. The van der Waals surface area contributed by atoms with Gasteiger partial charge >= 0.3 is 18.7 Å². The minimum absolute atomic E-state index is 0.0749. The first-order valence-electron chi connectivity index (χ1n) is 20.1. The third kappa shape index (κ3) is 14.5. The molecule has 1 aliphatic carbocycles. The van der Waals surface area contributed by atoms with Crippen LogP contribution in [0, 0.1) is 0 Å². The summed E-state index contributed by atoms with van der Waals surface area (Å²) in [7, 11) is -3.89. The lowest BCUT2D eigenvalue weighted by Gasteiger charge is -2.48. The van der Waals surface area contributed by atoms with Gasteiger partial charge in [0.1, 0.15) is 43.2 Å². The fourth-order valence-electron chi connectivity index (χ4n) is 6.34. The van der Waals surface area contributed by atoms with Crippen molar-refractivity contribution in [2.24, 2.45) is 0 Å². The van der Waals surface area contributed by atoms with Gasteiger partial charge in [-0.15, -0.1) is 0 Å². The second-order valence-electron chi connectivity index (χ2n) is 18.6. The van der Waals surface area contributed by atoms with Crippen LogP contribution >= 0.6 is 6.72 Å². The third-order valence-corrected chi connectivity index (χ3v) is 18.9. The van der Waals surface area contributed by atoms with Gasteiger partial charge in [-0.25, -0.2) is 0 Å². The number of carbonyl (C=O) groups is 2. The van der Waals surface area contributed by atoms with Gasteiger partial charge < -0.3 is 41.9 Å². The predicted octanol–water partition coefficient (Wildman–Crippen LogP) is 9.03. The summed E-state index contributed by atoms with van der Waals surface area (Å²) in [6, 6.07) is 0.813. The molecule has 316 valence electrons. The Hall–Kier alpha value is -0.296. The van der Waals surface area contributed by atoms with E-state index < -0.39 is 83.4 Å². The van der Waals surface area contributed by atoms with E-state index in [1.807, 2.05) is 27.7 Å². The number of rotatable bonds is 22. The first kappa shape index (κ1) is 48.1. The minimum atomic E-state index is -3.62. The van der Waals surface area contributed by atoms with Crippen molar-refractivity contribution in [2.75, 3.05) is 19.8 Å². The molecule has 2 saturated heterocycles. The monoisotopic (exact) mass is 840 g/mol. The summed E-state index contributed by atoms with van der Waals surface area (Å²) in [6.45, 7) is 25.7. The van der Waals surface area contributed by atoms with Crippen molar-refractivity contribution < 1.29 is 56.0 Å². The second kappa shape index (κ2) is 19.6. The van der Waals surface area contributed by atoms with E-state index >= 15 is 0 Å². The average Bonchev–Trinajstić information content (AvgIpc) is 3.53. The zero-order valence-corrected chi connectivity index (χ0v) is 39.5. The van der Waals surface area contributed by atoms with E-state index in [9.17, 15) is 9.59 Å². The van der Waals surface area contributed by atoms with Crippen molar-refractivity contribution in [3.63, 3.8) is 0 Å². The molecule has 16 heteroatoms. The summed E-state index contributed by atoms with van der Waals surface area (Å²) >= 11 is 6.19. The van der Waals surface area contributed by atoms with Gasteiger partial charge in [-0.1, -0.05) is 79.9 Å². The van der Waals surface area contributed by atoms with E-state index in [2.05, 4.69) is 67.4 Å². The molecule has 12 nitrogen and oxygen atoms in total. The maximum atomic E-state index is 12.9. The van der Waals surface area contributed by atoms with E-state index in [1.165, 1.54) is 0 Å². The summed E-state index contributed by atoms with van der Waals surface area (Å²) in [4.78, 5) is 25.5. The molecule has 0 spiro atoms. The first-order chi connectivity index (χ1) is 24.8. The number of unbranched alkanes of at least 4 members (excludes halogenated alkanes) is 4. The molecule has 3 unspecified atom stereocenters. The molecule has 0 aromatic heterocycles. The van der Waals surface area contributed by atoms with Crippen molar-refractivity contribution in [1.82, 2.24) is 0 Å². The van der Waals surface area contributed by atoms with Gasteiger partial charge in [0.2, 0.25) is 0 Å². The van der Waals surface area contributed by atoms with Crippen LogP contribution in [0.2, 0.25) is 43.8 Å². The number of hydrogen-bond acceptors (Lipinski definition) is 13. The Morgan fingerprint density at radius 2 is 1.22 bits per heavy atom.